The topological polar surface area (TPSA) is 29.5 Å². The van der Waals surface area contributed by atoms with Crippen LogP contribution in [0.1, 0.15) is 23.6 Å². The second-order valence-electron chi connectivity index (χ2n) is 4.42. The number of rotatable bonds is 4. The van der Waals surface area contributed by atoms with Crippen LogP contribution in [0.4, 0.5) is 0 Å². The van der Waals surface area contributed by atoms with Gasteiger partial charge in [0.05, 0.1) is 0 Å². The van der Waals surface area contributed by atoms with Crippen molar-refractivity contribution in [2.75, 3.05) is 0 Å². The molecule has 0 aliphatic carbocycles. The SMILES string of the molecule is CCc1ccc(OCc2ccc(C)cc2O)cc1. The van der Waals surface area contributed by atoms with Gasteiger partial charge in [0.1, 0.15) is 18.1 Å². The van der Waals surface area contributed by atoms with E-state index in [2.05, 4.69) is 19.1 Å². The lowest BCUT2D eigenvalue weighted by Gasteiger charge is -2.09. The first kappa shape index (κ1) is 12.5. The van der Waals surface area contributed by atoms with Crippen LogP contribution in [0.2, 0.25) is 0 Å². The zero-order valence-electron chi connectivity index (χ0n) is 10.8. The third-order valence-electron chi connectivity index (χ3n) is 2.97. The van der Waals surface area contributed by atoms with Gasteiger partial charge in [-0.25, -0.2) is 0 Å². The van der Waals surface area contributed by atoms with Crippen LogP contribution in [0.25, 0.3) is 0 Å². The first-order chi connectivity index (χ1) is 8.69. The number of hydrogen-bond donors (Lipinski definition) is 1. The van der Waals surface area contributed by atoms with Crippen molar-refractivity contribution >= 4 is 0 Å². The van der Waals surface area contributed by atoms with E-state index in [1.165, 1.54) is 5.56 Å². The molecule has 18 heavy (non-hydrogen) atoms. The summed E-state index contributed by atoms with van der Waals surface area (Å²) in [6.07, 6.45) is 1.03. The van der Waals surface area contributed by atoms with E-state index < -0.39 is 0 Å². The maximum atomic E-state index is 9.77. The zero-order chi connectivity index (χ0) is 13.0. The van der Waals surface area contributed by atoms with E-state index >= 15 is 0 Å². The number of aryl methyl sites for hydroxylation is 2. The first-order valence-corrected chi connectivity index (χ1v) is 6.19. The van der Waals surface area contributed by atoms with Crippen LogP contribution in [0.3, 0.4) is 0 Å². The molecule has 0 fully saturated rings. The lowest BCUT2D eigenvalue weighted by molar-refractivity contribution is 0.299. The summed E-state index contributed by atoms with van der Waals surface area (Å²) in [5.74, 6) is 1.12. The molecule has 0 aliphatic heterocycles. The number of phenolic OH excluding ortho intramolecular Hbond substituents is 1. The summed E-state index contributed by atoms with van der Waals surface area (Å²) < 4.78 is 5.65. The normalized spacial score (nSPS) is 10.3. The van der Waals surface area contributed by atoms with Gasteiger partial charge in [0.25, 0.3) is 0 Å². The minimum atomic E-state index is 0.292. The molecule has 0 bridgehead atoms. The van der Waals surface area contributed by atoms with Gasteiger partial charge in [-0.2, -0.15) is 0 Å². The highest BCUT2D eigenvalue weighted by Gasteiger charge is 2.02. The molecular weight excluding hydrogens is 224 g/mol. The monoisotopic (exact) mass is 242 g/mol. The lowest BCUT2D eigenvalue weighted by Crippen LogP contribution is -1.96. The Morgan fingerprint density at radius 2 is 1.78 bits per heavy atom. The van der Waals surface area contributed by atoms with Crippen LogP contribution in [0.5, 0.6) is 11.5 Å². The Morgan fingerprint density at radius 3 is 2.39 bits per heavy atom. The molecule has 0 saturated carbocycles. The molecule has 0 atom stereocenters. The molecule has 0 amide bonds. The maximum absolute atomic E-state index is 9.77. The molecule has 0 spiro atoms. The molecule has 2 rings (SSSR count). The summed E-state index contributed by atoms with van der Waals surface area (Å²) in [7, 11) is 0. The molecule has 2 heteroatoms. The van der Waals surface area contributed by atoms with E-state index in [1.54, 1.807) is 6.07 Å². The predicted molar refractivity (Wildman–Crippen MR) is 73.0 cm³/mol. The van der Waals surface area contributed by atoms with Crippen LogP contribution in [-0.4, -0.2) is 5.11 Å². The fourth-order valence-corrected chi connectivity index (χ4v) is 1.78. The Bertz CT molecular complexity index is 515. The van der Waals surface area contributed by atoms with Crippen molar-refractivity contribution < 1.29 is 9.84 Å². The molecule has 0 unspecified atom stereocenters. The largest absolute Gasteiger partial charge is 0.508 e. The van der Waals surface area contributed by atoms with Gasteiger partial charge in [-0.15, -0.1) is 0 Å². The Morgan fingerprint density at radius 1 is 1.06 bits per heavy atom. The maximum Gasteiger partial charge on any atom is 0.122 e. The lowest BCUT2D eigenvalue weighted by atomic mass is 10.1. The number of aromatic hydroxyl groups is 1. The summed E-state index contributed by atoms with van der Waals surface area (Å²) in [5.41, 5.74) is 3.14. The van der Waals surface area contributed by atoms with Gasteiger partial charge in [0.15, 0.2) is 0 Å². The Kier molecular flexibility index (Phi) is 3.88. The van der Waals surface area contributed by atoms with Crippen molar-refractivity contribution in [1.29, 1.82) is 0 Å². The highest BCUT2D eigenvalue weighted by atomic mass is 16.5. The van der Waals surface area contributed by atoms with Crippen molar-refractivity contribution in [3.05, 3.63) is 59.2 Å². The standard InChI is InChI=1S/C16H18O2/c1-3-13-5-8-15(9-6-13)18-11-14-7-4-12(2)10-16(14)17/h4-10,17H,3,11H2,1-2H3. The van der Waals surface area contributed by atoms with Crippen molar-refractivity contribution in [1.82, 2.24) is 0 Å². The fourth-order valence-electron chi connectivity index (χ4n) is 1.78. The minimum absolute atomic E-state index is 0.292. The van der Waals surface area contributed by atoms with Crippen molar-refractivity contribution in [2.24, 2.45) is 0 Å². The number of hydrogen-bond acceptors (Lipinski definition) is 2. The van der Waals surface area contributed by atoms with Gasteiger partial charge < -0.3 is 9.84 Å². The molecule has 0 radical (unpaired) electrons. The fraction of sp³-hybridized carbons (Fsp3) is 0.250. The van der Waals surface area contributed by atoms with Crippen LogP contribution in [-0.2, 0) is 13.0 Å². The average Bonchev–Trinajstić information content (AvgIpc) is 2.38. The molecule has 0 saturated heterocycles. The van der Waals surface area contributed by atoms with Gasteiger partial charge in [-0.1, -0.05) is 31.2 Å². The van der Waals surface area contributed by atoms with E-state index in [0.717, 1.165) is 23.3 Å². The zero-order valence-corrected chi connectivity index (χ0v) is 10.8. The van der Waals surface area contributed by atoms with Crippen LogP contribution >= 0.6 is 0 Å². The van der Waals surface area contributed by atoms with Crippen LogP contribution < -0.4 is 4.74 Å². The van der Waals surface area contributed by atoms with Crippen molar-refractivity contribution in [2.45, 2.75) is 26.9 Å². The van der Waals surface area contributed by atoms with Crippen molar-refractivity contribution in [3.8, 4) is 11.5 Å². The molecule has 0 aromatic heterocycles. The van der Waals surface area contributed by atoms with Gasteiger partial charge in [0, 0.05) is 5.56 Å². The van der Waals surface area contributed by atoms with Gasteiger partial charge in [-0.3, -0.25) is 0 Å². The molecule has 2 aromatic rings. The van der Waals surface area contributed by atoms with Gasteiger partial charge >= 0.3 is 0 Å². The van der Waals surface area contributed by atoms with E-state index in [-0.39, 0.29) is 0 Å². The molecule has 0 heterocycles. The molecule has 2 aromatic carbocycles. The molecule has 0 aliphatic rings. The van der Waals surface area contributed by atoms with Gasteiger partial charge in [-0.05, 0) is 42.7 Å². The predicted octanol–water partition coefficient (Wildman–Crippen LogP) is 3.84. The molecule has 2 nitrogen and oxygen atoms in total. The summed E-state index contributed by atoms with van der Waals surface area (Å²) in [6.45, 7) is 4.46. The summed E-state index contributed by atoms with van der Waals surface area (Å²) in [6, 6.07) is 13.7. The third kappa shape index (κ3) is 3.04. The number of phenols is 1. The van der Waals surface area contributed by atoms with Crippen LogP contribution in [0.15, 0.2) is 42.5 Å². The van der Waals surface area contributed by atoms with Crippen LogP contribution in [0, 0.1) is 6.92 Å². The van der Waals surface area contributed by atoms with Crippen molar-refractivity contribution in [3.63, 3.8) is 0 Å². The smallest absolute Gasteiger partial charge is 0.122 e. The highest BCUT2D eigenvalue weighted by molar-refractivity contribution is 5.36. The molecule has 1 N–H and O–H groups in total. The van der Waals surface area contributed by atoms with E-state index in [1.807, 2.05) is 31.2 Å². The summed E-state index contributed by atoms with van der Waals surface area (Å²) >= 11 is 0. The first-order valence-electron chi connectivity index (χ1n) is 6.19. The number of ether oxygens (including phenoxy) is 1. The van der Waals surface area contributed by atoms with Gasteiger partial charge in [0.2, 0.25) is 0 Å². The van der Waals surface area contributed by atoms with E-state index in [4.69, 9.17) is 4.74 Å². The quantitative estimate of drug-likeness (QED) is 0.882. The average molecular weight is 242 g/mol. The second-order valence-corrected chi connectivity index (χ2v) is 4.42. The second kappa shape index (κ2) is 5.58. The third-order valence-corrected chi connectivity index (χ3v) is 2.97. The summed E-state index contributed by atoms with van der Waals surface area (Å²) in [5, 5.41) is 9.77. The van der Waals surface area contributed by atoms with E-state index in [0.29, 0.717) is 12.4 Å². The highest BCUT2D eigenvalue weighted by Crippen LogP contribution is 2.21. The Labute approximate surface area is 108 Å². The Hall–Kier alpha value is -1.96. The number of benzene rings is 2. The molecule has 94 valence electrons. The molecular formula is C16H18O2. The summed E-state index contributed by atoms with van der Waals surface area (Å²) in [4.78, 5) is 0. The minimum Gasteiger partial charge on any atom is -0.508 e. The Balaban J connectivity index is 2.02. The van der Waals surface area contributed by atoms with E-state index in [9.17, 15) is 5.11 Å².